The van der Waals surface area contributed by atoms with Gasteiger partial charge in [0.1, 0.15) is 5.76 Å². The van der Waals surface area contributed by atoms with Gasteiger partial charge in [0.2, 0.25) is 5.89 Å². The minimum absolute atomic E-state index is 0.0728. The molecule has 0 amide bonds. The number of oxazole rings is 1. The minimum Gasteiger partial charge on any atom is -0.441 e. The van der Waals surface area contributed by atoms with Crippen molar-refractivity contribution in [2.45, 2.75) is 39.7 Å². The van der Waals surface area contributed by atoms with Gasteiger partial charge in [-0.05, 0) is 50.8 Å². The maximum Gasteiger partial charge on any atom is 0.229 e. The standard InChI is InChI=1S/C18H22F2N2O/c1-3-9-22(10-13-7-8-13)11-16-12(2)23-18(21-16)14-5-4-6-15(19)17(14)20/h4-6,13H,3,7-11H2,1-2H3. The third-order valence-electron chi connectivity index (χ3n) is 4.20. The minimum atomic E-state index is -0.913. The van der Waals surface area contributed by atoms with E-state index in [0.717, 1.165) is 37.2 Å². The van der Waals surface area contributed by atoms with Gasteiger partial charge in [-0.3, -0.25) is 4.90 Å². The molecular formula is C18H22F2N2O. The predicted molar refractivity (Wildman–Crippen MR) is 84.9 cm³/mol. The molecule has 1 aliphatic carbocycles. The summed E-state index contributed by atoms with van der Waals surface area (Å²) < 4.78 is 32.9. The van der Waals surface area contributed by atoms with E-state index in [-0.39, 0.29) is 11.5 Å². The molecule has 5 heteroatoms. The third kappa shape index (κ3) is 3.78. The summed E-state index contributed by atoms with van der Waals surface area (Å²) in [5.74, 6) is -0.184. The lowest BCUT2D eigenvalue weighted by Crippen LogP contribution is -2.26. The number of nitrogens with zero attached hydrogens (tertiary/aromatic N) is 2. The van der Waals surface area contributed by atoms with E-state index in [9.17, 15) is 8.78 Å². The first-order valence-electron chi connectivity index (χ1n) is 8.21. The second-order valence-electron chi connectivity index (χ2n) is 6.30. The Morgan fingerprint density at radius 1 is 1.30 bits per heavy atom. The summed E-state index contributed by atoms with van der Waals surface area (Å²) in [7, 11) is 0. The zero-order valence-corrected chi connectivity index (χ0v) is 13.6. The maximum atomic E-state index is 13.9. The molecule has 23 heavy (non-hydrogen) atoms. The highest BCUT2D eigenvalue weighted by atomic mass is 19.2. The number of hydrogen-bond acceptors (Lipinski definition) is 3. The van der Waals surface area contributed by atoms with Gasteiger partial charge in [0, 0.05) is 13.1 Å². The molecule has 0 unspecified atom stereocenters. The van der Waals surface area contributed by atoms with E-state index in [1.54, 1.807) is 0 Å². The van der Waals surface area contributed by atoms with Crippen molar-refractivity contribution in [2.75, 3.05) is 13.1 Å². The molecule has 1 fully saturated rings. The zero-order valence-electron chi connectivity index (χ0n) is 13.6. The average molecular weight is 320 g/mol. The number of benzene rings is 1. The third-order valence-corrected chi connectivity index (χ3v) is 4.20. The van der Waals surface area contributed by atoms with E-state index in [0.29, 0.717) is 12.3 Å². The first-order valence-corrected chi connectivity index (χ1v) is 8.21. The van der Waals surface area contributed by atoms with Crippen LogP contribution in [0.1, 0.15) is 37.6 Å². The van der Waals surface area contributed by atoms with E-state index in [4.69, 9.17) is 4.42 Å². The number of aromatic nitrogens is 1. The maximum absolute atomic E-state index is 13.9. The van der Waals surface area contributed by atoms with Crippen LogP contribution in [-0.4, -0.2) is 23.0 Å². The second-order valence-corrected chi connectivity index (χ2v) is 6.30. The van der Waals surface area contributed by atoms with Gasteiger partial charge in [0.25, 0.3) is 0 Å². The highest BCUT2D eigenvalue weighted by molar-refractivity contribution is 5.54. The van der Waals surface area contributed by atoms with Crippen molar-refractivity contribution < 1.29 is 13.2 Å². The highest BCUT2D eigenvalue weighted by Gasteiger charge is 2.25. The molecule has 3 rings (SSSR count). The Balaban J connectivity index is 1.80. The van der Waals surface area contributed by atoms with Gasteiger partial charge in [0.05, 0.1) is 11.3 Å². The van der Waals surface area contributed by atoms with Crippen LogP contribution < -0.4 is 0 Å². The van der Waals surface area contributed by atoms with Crippen LogP contribution in [0.15, 0.2) is 22.6 Å². The van der Waals surface area contributed by atoms with E-state index in [2.05, 4.69) is 16.8 Å². The summed E-state index contributed by atoms with van der Waals surface area (Å²) in [6.45, 7) is 6.75. The first-order chi connectivity index (χ1) is 11.1. The fraction of sp³-hybridized carbons (Fsp3) is 0.500. The van der Waals surface area contributed by atoms with Gasteiger partial charge in [-0.2, -0.15) is 0 Å². The second kappa shape index (κ2) is 6.79. The molecule has 0 aliphatic heterocycles. The van der Waals surface area contributed by atoms with Gasteiger partial charge in [0.15, 0.2) is 11.6 Å². The molecule has 1 heterocycles. The van der Waals surface area contributed by atoms with Crippen LogP contribution in [0.2, 0.25) is 0 Å². The van der Waals surface area contributed by atoms with Gasteiger partial charge in [-0.25, -0.2) is 13.8 Å². The summed E-state index contributed by atoms with van der Waals surface area (Å²) in [5.41, 5.74) is 0.876. The normalized spacial score (nSPS) is 14.7. The Bertz CT molecular complexity index is 680. The van der Waals surface area contributed by atoms with E-state index in [1.807, 2.05) is 6.92 Å². The summed E-state index contributed by atoms with van der Waals surface area (Å²) in [5, 5.41) is 0. The van der Waals surface area contributed by atoms with Crippen molar-refractivity contribution in [3.8, 4) is 11.5 Å². The van der Waals surface area contributed by atoms with Crippen LogP contribution >= 0.6 is 0 Å². The lowest BCUT2D eigenvalue weighted by molar-refractivity contribution is 0.251. The fourth-order valence-corrected chi connectivity index (χ4v) is 2.79. The van der Waals surface area contributed by atoms with E-state index >= 15 is 0 Å². The molecule has 1 aliphatic rings. The predicted octanol–water partition coefficient (Wildman–Crippen LogP) is 4.55. The lowest BCUT2D eigenvalue weighted by Gasteiger charge is -2.20. The smallest absolute Gasteiger partial charge is 0.229 e. The SMILES string of the molecule is CCCN(Cc1nc(-c2cccc(F)c2F)oc1C)CC1CC1. The Kier molecular flexibility index (Phi) is 4.76. The molecule has 1 aromatic heterocycles. The van der Waals surface area contributed by atoms with Gasteiger partial charge in [-0.15, -0.1) is 0 Å². The van der Waals surface area contributed by atoms with Crippen LogP contribution in [-0.2, 0) is 6.54 Å². The fourth-order valence-electron chi connectivity index (χ4n) is 2.79. The van der Waals surface area contributed by atoms with Crippen molar-refractivity contribution in [1.82, 2.24) is 9.88 Å². The van der Waals surface area contributed by atoms with Crippen molar-refractivity contribution >= 4 is 0 Å². The molecule has 0 atom stereocenters. The first kappa shape index (κ1) is 16.1. The lowest BCUT2D eigenvalue weighted by atomic mass is 10.2. The summed E-state index contributed by atoms with van der Waals surface area (Å²) >= 11 is 0. The molecule has 0 bridgehead atoms. The summed E-state index contributed by atoms with van der Waals surface area (Å²) in [6, 6.07) is 4.04. The van der Waals surface area contributed by atoms with Crippen LogP contribution in [0.4, 0.5) is 8.78 Å². The highest BCUT2D eigenvalue weighted by Crippen LogP contribution is 2.31. The Hall–Kier alpha value is -1.75. The van der Waals surface area contributed by atoms with E-state index < -0.39 is 11.6 Å². The van der Waals surface area contributed by atoms with Gasteiger partial charge >= 0.3 is 0 Å². The van der Waals surface area contributed by atoms with Crippen LogP contribution in [0.3, 0.4) is 0 Å². The molecule has 124 valence electrons. The van der Waals surface area contributed by atoms with Crippen molar-refractivity contribution in [3.05, 3.63) is 41.3 Å². The molecule has 1 saturated carbocycles. The van der Waals surface area contributed by atoms with Gasteiger partial charge < -0.3 is 4.42 Å². The van der Waals surface area contributed by atoms with Crippen LogP contribution in [0.25, 0.3) is 11.5 Å². The van der Waals surface area contributed by atoms with E-state index in [1.165, 1.54) is 25.0 Å². The van der Waals surface area contributed by atoms with Crippen molar-refractivity contribution in [3.63, 3.8) is 0 Å². The van der Waals surface area contributed by atoms with Gasteiger partial charge in [-0.1, -0.05) is 13.0 Å². The molecule has 0 radical (unpaired) electrons. The molecule has 0 spiro atoms. The largest absolute Gasteiger partial charge is 0.441 e. The Labute approximate surface area is 135 Å². The summed E-state index contributed by atoms with van der Waals surface area (Å²) in [4.78, 5) is 6.79. The number of halogens is 2. The molecule has 1 aromatic carbocycles. The van der Waals surface area contributed by atoms with Crippen molar-refractivity contribution in [1.29, 1.82) is 0 Å². The Morgan fingerprint density at radius 3 is 2.78 bits per heavy atom. The molecule has 0 N–H and O–H groups in total. The monoisotopic (exact) mass is 320 g/mol. The van der Waals surface area contributed by atoms with Crippen LogP contribution in [0.5, 0.6) is 0 Å². The van der Waals surface area contributed by atoms with Crippen molar-refractivity contribution in [2.24, 2.45) is 5.92 Å². The summed E-state index contributed by atoms with van der Waals surface area (Å²) in [6.07, 6.45) is 3.69. The van der Waals surface area contributed by atoms with Crippen LogP contribution in [0, 0.1) is 24.5 Å². The average Bonchev–Trinajstić information content (AvgIpc) is 3.25. The topological polar surface area (TPSA) is 29.3 Å². The quantitative estimate of drug-likeness (QED) is 0.749. The number of hydrogen-bond donors (Lipinski definition) is 0. The molecule has 2 aromatic rings. The molecular weight excluding hydrogens is 298 g/mol. The zero-order chi connectivity index (χ0) is 16.4. The number of rotatable bonds is 7. The molecule has 3 nitrogen and oxygen atoms in total. The number of aryl methyl sites for hydroxylation is 1. The molecule has 0 saturated heterocycles. The Morgan fingerprint density at radius 2 is 2.09 bits per heavy atom.